The molecule has 0 saturated carbocycles. The van der Waals surface area contributed by atoms with Crippen molar-refractivity contribution in [2.24, 2.45) is 0 Å². The lowest BCUT2D eigenvalue weighted by Gasteiger charge is -2.37. The van der Waals surface area contributed by atoms with Gasteiger partial charge in [-0.3, -0.25) is 4.79 Å². The van der Waals surface area contributed by atoms with E-state index in [-0.39, 0.29) is 9.86 Å². The summed E-state index contributed by atoms with van der Waals surface area (Å²) < 4.78 is 0.142. The Bertz CT molecular complexity index is 197. The van der Waals surface area contributed by atoms with Crippen LogP contribution in [0.25, 0.3) is 0 Å². The van der Waals surface area contributed by atoms with Crippen molar-refractivity contribution < 1.29 is 4.79 Å². The molecule has 0 unspecified atom stereocenters. The molecule has 0 bridgehead atoms. The predicted molar refractivity (Wildman–Crippen MR) is 62.3 cm³/mol. The quantitative estimate of drug-likeness (QED) is 0.782. The first kappa shape index (κ1) is 12.1. The van der Waals surface area contributed by atoms with Crippen LogP contribution in [-0.2, 0) is 4.79 Å². The van der Waals surface area contributed by atoms with Gasteiger partial charge in [-0.25, -0.2) is 0 Å². The van der Waals surface area contributed by atoms with Gasteiger partial charge in [0.25, 0.3) is 0 Å². The largest absolute Gasteiger partial charge is 0.315 e. The van der Waals surface area contributed by atoms with Gasteiger partial charge in [0.05, 0.1) is 0 Å². The molecule has 0 aromatic carbocycles. The maximum atomic E-state index is 11.2. The molecule has 1 N–H and O–H groups in total. The van der Waals surface area contributed by atoms with E-state index in [4.69, 9.17) is 0 Å². The standard InChI is InChI=1S/C11H20NOS/c1-9(2)7-11(14-10(3)13)5-4-6-12-8-11/h12H,4-8H2,1-3H3/t11-/m1/s1. The second kappa shape index (κ2) is 5.17. The van der Waals surface area contributed by atoms with Gasteiger partial charge in [-0.15, -0.1) is 0 Å². The summed E-state index contributed by atoms with van der Waals surface area (Å²) in [6, 6.07) is 0. The minimum atomic E-state index is 0.142. The van der Waals surface area contributed by atoms with Crippen LogP contribution in [0.3, 0.4) is 0 Å². The first-order chi connectivity index (χ1) is 6.54. The van der Waals surface area contributed by atoms with Crippen LogP contribution in [0.1, 0.15) is 40.0 Å². The third kappa shape index (κ3) is 3.62. The number of nitrogens with one attached hydrogen (secondary N) is 1. The first-order valence-electron chi connectivity index (χ1n) is 5.23. The summed E-state index contributed by atoms with van der Waals surface area (Å²) in [4.78, 5) is 11.2. The lowest BCUT2D eigenvalue weighted by molar-refractivity contribution is -0.109. The molecule has 3 heteroatoms. The summed E-state index contributed by atoms with van der Waals surface area (Å²) in [5, 5.41) is 3.65. The Morgan fingerprint density at radius 3 is 2.57 bits per heavy atom. The van der Waals surface area contributed by atoms with Gasteiger partial charge >= 0.3 is 0 Å². The van der Waals surface area contributed by atoms with Crippen molar-refractivity contribution in [2.75, 3.05) is 13.1 Å². The highest BCUT2D eigenvalue weighted by molar-refractivity contribution is 8.14. The fraction of sp³-hybridized carbons (Fsp3) is 0.818. The molecule has 0 aromatic rings. The van der Waals surface area contributed by atoms with E-state index >= 15 is 0 Å². The predicted octanol–water partition coefficient (Wildman–Crippen LogP) is 2.39. The zero-order valence-electron chi connectivity index (χ0n) is 9.35. The fourth-order valence-corrected chi connectivity index (χ4v) is 3.55. The summed E-state index contributed by atoms with van der Waals surface area (Å²) >= 11 is 1.53. The van der Waals surface area contributed by atoms with Crippen LogP contribution in [0.2, 0.25) is 0 Å². The van der Waals surface area contributed by atoms with E-state index in [1.54, 1.807) is 6.92 Å². The number of carbonyl (C=O) groups is 1. The molecular formula is C11H20NOS. The highest BCUT2D eigenvalue weighted by atomic mass is 32.2. The Morgan fingerprint density at radius 2 is 2.14 bits per heavy atom. The molecule has 1 fully saturated rings. The van der Waals surface area contributed by atoms with E-state index in [1.807, 2.05) is 0 Å². The molecule has 1 radical (unpaired) electrons. The Morgan fingerprint density at radius 1 is 1.43 bits per heavy atom. The molecule has 1 aliphatic heterocycles. The molecule has 1 atom stereocenters. The molecule has 81 valence electrons. The average Bonchev–Trinajstić information content (AvgIpc) is 2.01. The monoisotopic (exact) mass is 214 g/mol. The molecule has 1 heterocycles. The Kier molecular flexibility index (Phi) is 4.45. The number of hydrogen-bond donors (Lipinski definition) is 1. The van der Waals surface area contributed by atoms with Crippen LogP contribution in [0, 0.1) is 5.92 Å². The van der Waals surface area contributed by atoms with Crippen molar-refractivity contribution in [3.63, 3.8) is 0 Å². The Labute approximate surface area is 91.2 Å². The second-order valence-corrected chi connectivity index (χ2v) is 6.09. The summed E-state index contributed by atoms with van der Waals surface area (Å²) in [7, 11) is 0. The van der Waals surface area contributed by atoms with Crippen LogP contribution in [0.5, 0.6) is 0 Å². The van der Waals surface area contributed by atoms with E-state index in [9.17, 15) is 4.79 Å². The fourth-order valence-electron chi connectivity index (χ4n) is 2.16. The number of rotatable bonds is 3. The van der Waals surface area contributed by atoms with Crippen molar-refractivity contribution in [3.05, 3.63) is 5.92 Å². The minimum absolute atomic E-state index is 0.142. The summed E-state index contributed by atoms with van der Waals surface area (Å²) in [6.07, 6.45) is 3.41. The first-order valence-corrected chi connectivity index (χ1v) is 6.05. The zero-order chi connectivity index (χ0) is 10.6. The number of carbonyl (C=O) groups excluding carboxylic acids is 1. The van der Waals surface area contributed by atoms with Gasteiger partial charge in [0.1, 0.15) is 0 Å². The van der Waals surface area contributed by atoms with E-state index in [0.717, 1.165) is 25.9 Å². The van der Waals surface area contributed by atoms with Crippen LogP contribution in [0.4, 0.5) is 0 Å². The average molecular weight is 214 g/mol. The molecule has 0 aromatic heterocycles. The van der Waals surface area contributed by atoms with E-state index in [2.05, 4.69) is 19.2 Å². The van der Waals surface area contributed by atoms with Crippen LogP contribution in [0.15, 0.2) is 0 Å². The highest BCUT2D eigenvalue weighted by Crippen LogP contribution is 2.38. The summed E-state index contributed by atoms with van der Waals surface area (Å²) in [6.45, 7) is 8.05. The van der Waals surface area contributed by atoms with Crippen LogP contribution >= 0.6 is 11.8 Å². The maximum absolute atomic E-state index is 11.2. The van der Waals surface area contributed by atoms with Crippen molar-refractivity contribution in [3.8, 4) is 0 Å². The summed E-state index contributed by atoms with van der Waals surface area (Å²) in [5.41, 5.74) is 0. The van der Waals surface area contributed by atoms with Crippen LogP contribution in [-0.4, -0.2) is 23.0 Å². The Balaban J connectivity index is 2.61. The molecular weight excluding hydrogens is 194 g/mol. The van der Waals surface area contributed by atoms with Crippen molar-refractivity contribution in [1.29, 1.82) is 0 Å². The lowest BCUT2D eigenvalue weighted by Crippen LogP contribution is -2.44. The smallest absolute Gasteiger partial charge is 0.186 e. The third-order valence-electron chi connectivity index (χ3n) is 2.47. The Hall–Kier alpha value is -0.0200. The van der Waals surface area contributed by atoms with Gasteiger partial charge in [0, 0.05) is 18.2 Å². The van der Waals surface area contributed by atoms with Gasteiger partial charge in [0.2, 0.25) is 0 Å². The van der Waals surface area contributed by atoms with Gasteiger partial charge in [-0.2, -0.15) is 0 Å². The molecule has 0 amide bonds. The van der Waals surface area contributed by atoms with Crippen LogP contribution < -0.4 is 5.32 Å². The maximum Gasteiger partial charge on any atom is 0.186 e. The van der Waals surface area contributed by atoms with Gasteiger partial charge in [-0.1, -0.05) is 25.6 Å². The molecule has 14 heavy (non-hydrogen) atoms. The van der Waals surface area contributed by atoms with E-state index in [1.165, 1.54) is 24.1 Å². The van der Waals surface area contributed by atoms with Crippen molar-refractivity contribution >= 4 is 16.9 Å². The molecule has 1 aliphatic rings. The molecule has 0 spiro atoms. The lowest BCUT2D eigenvalue weighted by atomic mass is 9.89. The molecule has 2 nitrogen and oxygen atoms in total. The molecule has 0 aliphatic carbocycles. The van der Waals surface area contributed by atoms with E-state index in [0.29, 0.717) is 0 Å². The van der Waals surface area contributed by atoms with Gasteiger partial charge in [-0.05, 0) is 31.7 Å². The normalized spacial score (nSPS) is 28.0. The summed E-state index contributed by atoms with van der Waals surface area (Å²) in [5.74, 6) is 1.42. The zero-order valence-corrected chi connectivity index (χ0v) is 10.2. The number of piperidine rings is 1. The van der Waals surface area contributed by atoms with Crippen molar-refractivity contribution in [2.45, 2.75) is 44.8 Å². The SMILES string of the molecule is C[C](C)C[C@]1(SC(C)=O)CCCNC1. The number of thioether (sulfide) groups is 1. The topological polar surface area (TPSA) is 29.1 Å². The minimum Gasteiger partial charge on any atom is -0.315 e. The van der Waals surface area contributed by atoms with E-state index < -0.39 is 0 Å². The number of hydrogen-bond acceptors (Lipinski definition) is 3. The van der Waals surface area contributed by atoms with Gasteiger partial charge in [0.15, 0.2) is 5.12 Å². The highest BCUT2D eigenvalue weighted by Gasteiger charge is 2.34. The van der Waals surface area contributed by atoms with Crippen molar-refractivity contribution in [1.82, 2.24) is 5.32 Å². The molecule has 1 rings (SSSR count). The van der Waals surface area contributed by atoms with Gasteiger partial charge < -0.3 is 5.32 Å². The second-order valence-electron chi connectivity index (χ2n) is 4.44. The molecule has 1 saturated heterocycles. The third-order valence-corrected chi connectivity index (χ3v) is 3.68.